The molecule has 0 aromatic heterocycles. The van der Waals surface area contributed by atoms with Crippen molar-refractivity contribution in [2.45, 2.75) is 66.6 Å². The fourth-order valence-corrected chi connectivity index (χ4v) is 2.10. The number of rotatable bonds is 8. The van der Waals surface area contributed by atoms with Gasteiger partial charge in [0.15, 0.2) is 0 Å². The van der Waals surface area contributed by atoms with Gasteiger partial charge >= 0.3 is 65.6 Å². The highest BCUT2D eigenvalue weighted by molar-refractivity contribution is 5.87. The van der Waals surface area contributed by atoms with Crippen LogP contribution in [0.5, 0.6) is 0 Å². The minimum absolute atomic E-state index is 0.0686. The van der Waals surface area contributed by atoms with Crippen molar-refractivity contribution < 1.29 is 102 Å². The summed E-state index contributed by atoms with van der Waals surface area (Å²) in [5.41, 5.74) is -11.1. The van der Waals surface area contributed by atoms with E-state index >= 15 is 0 Å². The highest BCUT2D eigenvalue weighted by atomic mass is 19.4. The normalized spacial score (nSPS) is 18.6. The fraction of sp³-hybridized carbons (Fsp3) is 0.786. The zero-order valence-corrected chi connectivity index (χ0v) is 16.5. The van der Waals surface area contributed by atoms with Crippen molar-refractivity contribution in [3.05, 3.63) is 12.2 Å². The van der Waals surface area contributed by atoms with E-state index in [1.165, 1.54) is 0 Å². The van der Waals surface area contributed by atoms with Gasteiger partial charge in [0, 0.05) is 5.57 Å². The minimum atomic E-state index is -9.25. The van der Waals surface area contributed by atoms with Gasteiger partial charge in [0.25, 0.3) is 0 Å². The average molecular weight is 604 g/mol. The molecule has 0 rings (SSSR count). The molecule has 2 unspecified atom stereocenters. The molecule has 0 bridgehead atoms. The van der Waals surface area contributed by atoms with Gasteiger partial charge in [-0.15, -0.1) is 0 Å². The number of hydrogen-bond donors (Lipinski definition) is 0. The predicted molar refractivity (Wildman–Crippen MR) is 71.5 cm³/mol. The molecule has 0 spiro atoms. The average Bonchev–Trinajstić information content (AvgIpc) is 2.63. The van der Waals surface area contributed by atoms with Crippen LogP contribution in [0.1, 0.15) is 6.92 Å². The first kappa shape index (κ1) is 34.7. The number of esters is 1. The molecule has 0 aliphatic rings. The third-order valence-electron chi connectivity index (χ3n) is 4.15. The maximum Gasteiger partial charge on any atom is 0.460 e. The summed E-state index contributed by atoms with van der Waals surface area (Å²) in [5.74, 6) is -57.3. The Kier molecular flexibility index (Phi) is 8.10. The van der Waals surface area contributed by atoms with Crippen LogP contribution >= 0.6 is 0 Å². The van der Waals surface area contributed by atoms with Gasteiger partial charge in [0.1, 0.15) is 0 Å². The first-order valence-corrected chi connectivity index (χ1v) is 7.93. The summed E-state index contributed by atoms with van der Waals surface area (Å²) < 4.78 is 280. The van der Waals surface area contributed by atoms with Gasteiger partial charge in [0.05, 0.1) is 0 Å². The molecular weight excluding hydrogens is 599 g/mol. The van der Waals surface area contributed by atoms with Crippen LogP contribution < -0.4 is 0 Å². The van der Waals surface area contributed by atoms with Gasteiger partial charge in [-0.3, -0.25) is 0 Å². The van der Waals surface area contributed by atoms with E-state index < -0.39 is 71.2 Å². The van der Waals surface area contributed by atoms with E-state index in [1.807, 2.05) is 4.74 Å². The second-order valence-electron chi connectivity index (χ2n) is 6.79. The van der Waals surface area contributed by atoms with Crippen LogP contribution in [0.3, 0.4) is 0 Å². The molecule has 0 radical (unpaired) electrons. The van der Waals surface area contributed by atoms with Crippen molar-refractivity contribution in [1.29, 1.82) is 0 Å². The number of alkyl halides is 21. The number of halogens is 21. The molecule has 0 fully saturated rings. The van der Waals surface area contributed by atoms with Crippen molar-refractivity contribution in [3.63, 3.8) is 0 Å². The van der Waals surface area contributed by atoms with E-state index in [9.17, 15) is 97.0 Å². The second-order valence-corrected chi connectivity index (χ2v) is 6.79. The highest BCUT2D eigenvalue weighted by Crippen LogP contribution is 2.67. The number of hydrogen-bond acceptors (Lipinski definition) is 2. The molecule has 2 atom stereocenters. The molecule has 0 aliphatic carbocycles. The Morgan fingerprint density at radius 1 is 0.486 bits per heavy atom. The van der Waals surface area contributed by atoms with Crippen molar-refractivity contribution in [2.75, 3.05) is 0 Å². The largest absolute Gasteiger partial charge is 0.460 e. The first-order valence-electron chi connectivity index (χ1n) is 7.93. The molecular formula is C14H5F21O2. The van der Waals surface area contributed by atoms with E-state index in [1.54, 1.807) is 0 Å². The summed E-state index contributed by atoms with van der Waals surface area (Å²) in [7, 11) is 0. The lowest BCUT2D eigenvalue weighted by Crippen LogP contribution is -2.82. The van der Waals surface area contributed by atoms with Crippen LogP contribution in [0.2, 0.25) is 0 Å². The standard InChI is InChI=1S/C14H5F21O2/c1-3(2)4(36)37-11(26,5(15,12(27,28)29)6(16,17)13(30,31)32)9(22,23)7(18,19)8(20,21)10(24,25)14(33,34)35/h1H2,2H3. The lowest BCUT2D eigenvalue weighted by Gasteiger charge is -2.48. The van der Waals surface area contributed by atoms with E-state index in [4.69, 9.17) is 0 Å². The molecule has 37 heavy (non-hydrogen) atoms. The van der Waals surface area contributed by atoms with Gasteiger partial charge in [-0.05, 0) is 6.92 Å². The number of carbonyl (C=O) groups excluding carboxylic acids is 1. The van der Waals surface area contributed by atoms with Crippen LogP contribution in [0, 0.1) is 0 Å². The minimum Gasteiger partial charge on any atom is -0.415 e. The van der Waals surface area contributed by atoms with Crippen molar-refractivity contribution in [3.8, 4) is 0 Å². The van der Waals surface area contributed by atoms with Crippen molar-refractivity contribution >= 4 is 5.97 Å². The van der Waals surface area contributed by atoms with Crippen LogP contribution in [0.15, 0.2) is 12.2 Å². The van der Waals surface area contributed by atoms with Gasteiger partial charge in [-0.1, -0.05) is 6.58 Å². The van der Waals surface area contributed by atoms with E-state index in [0.717, 1.165) is 0 Å². The maximum atomic E-state index is 14.8. The Morgan fingerprint density at radius 2 is 0.784 bits per heavy atom. The van der Waals surface area contributed by atoms with Crippen molar-refractivity contribution in [2.24, 2.45) is 0 Å². The number of carbonyl (C=O) groups is 1. The van der Waals surface area contributed by atoms with Crippen LogP contribution in [0.4, 0.5) is 92.2 Å². The Balaban J connectivity index is 8.06. The van der Waals surface area contributed by atoms with Crippen molar-refractivity contribution in [1.82, 2.24) is 0 Å². The lowest BCUT2D eigenvalue weighted by molar-refractivity contribution is -0.494. The van der Waals surface area contributed by atoms with Gasteiger partial charge in [-0.2, -0.15) is 87.8 Å². The summed E-state index contributed by atoms with van der Waals surface area (Å²) in [6, 6.07) is 0. The topological polar surface area (TPSA) is 26.3 Å². The summed E-state index contributed by atoms with van der Waals surface area (Å²) in [6.07, 6.45) is -25.1. The fourth-order valence-electron chi connectivity index (χ4n) is 2.10. The third kappa shape index (κ3) is 4.42. The van der Waals surface area contributed by atoms with Gasteiger partial charge in [0.2, 0.25) is 0 Å². The Labute approximate surface area is 188 Å². The van der Waals surface area contributed by atoms with Crippen LogP contribution in [-0.2, 0) is 9.53 Å². The Morgan fingerprint density at radius 3 is 1.03 bits per heavy atom. The summed E-state index contributed by atoms with van der Waals surface area (Å²) in [6.45, 7) is 2.09. The zero-order chi connectivity index (χ0) is 30.9. The second kappa shape index (κ2) is 8.63. The molecule has 0 saturated carbocycles. The highest BCUT2D eigenvalue weighted by Gasteiger charge is 3.01. The van der Waals surface area contributed by atoms with E-state index in [2.05, 4.69) is 6.58 Å². The van der Waals surface area contributed by atoms with E-state index in [-0.39, 0.29) is 6.92 Å². The lowest BCUT2D eigenvalue weighted by atomic mass is 9.79. The monoisotopic (exact) mass is 604 g/mol. The quantitative estimate of drug-likeness (QED) is 0.165. The molecule has 0 saturated heterocycles. The summed E-state index contributed by atoms with van der Waals surface area (Å²) in [4.78, 5) is 11.2. The molecule has 0 heterocycles. The summed E-state index contributed by atoms with van der Waals surface area (Å²) >= 11 is 0. The Hall–Kier alpha value is -2.26. The molecule has 23 heteroatoms. The SMILES string of the molecule is C=C(C)C(=O)OC(F)(C(F)(F)C(F)(F)C(F)(F)C(F)(F)C(F)(F)F)C(F)(C(F)(F)F)C(F)(F)C(F)(F)F. The molecule has 2 nitrogen and oxygen atoms in total. The van der Waals surface area contributed by atoms with Crippen LogP contribution in [-0.4, -0.2) is 65.6 Å². The first-order chi connectivity index (χ1) is 15.6. The molecule has 0 N–H and O–H groups in total. The molecule has 0 aromatic carbocycles. The van der Waals surface area contributed by atoms with Gasteiger partial charge < -0.3 is 4.74 Å². The third-order valence-corrected chi connectivity index (χ3v) is 4.15. The molecule has 0 amide bonds. The molecule has 0 aromatic rings. The van der Waals surface area contributed by atoms with Gasteiger partial charge in [-0.25, -0.2) is 9.18 Å². The molecule has 0 aliphatic heterocycles. The Bertz CT molecular complexity index is 892. The maximum absolute atomic E-state index is 14.8. The number of ether oxygens (including phenoxy) is 1. The van der Waals surface area contributed by atoms with Crippen LogP contribution in [0.25, 0.3) is 0 Å². The van der Waals surface area contributed by atoms with E-state index in [0.29, 0.717) is 0 Å². The summed E-state index contributed by atoms with van der Waals surface area (Å²) in [5, 5.41) is 0. The molecule has 220 valence electrons. The predicted octanol–water partition coefficient (Wildman–Crippen LogP) is 7.34. The smallest absolute Gasteiger partial charge is 0.415 e. The zero-order valence-electron chi connectivity index (χ0n) is 16.5.